The Balaban J connectivity index is 1.49. The first-order valence-electron chi connectivity index (χ1n) is 12.2. The molecule has 3 aromatic rings. The van der Waals surface area contributed by atoms with Gasteiger partial charge in [-0.2, -0.15) is 22.0 Å². The molecule has 14 heteroatoms. The third-order valence-corrected chi connectivity index (χ3v) is 7.35. The van der Waals surface area contributed by atoms with Crippen LogP contribution in [0.2, 0.25) is 0 Å². The molecule has 1 amide bonds. The lowest BCUT2D eigenvalue weighted by Crippen LogP contribution is -2.39. The van der Waals surface area contributed by atoms with Crippen molar-refractivity contribution in [2.24, 2.45) is 7.05 Å². The molecule has 3 atom stereocenters. The van der Waals surface area contributed by atoms with Gasteiger partial charge in [0.25, 0.3) is 5.91 Å². The summed E-state index contributed by atoms with van der Waals surface area (Å²) in [6.07, 6.45) is -7.39. The van der Waals surface area contributed by atoms with Crippen molar-refractivity contribution in [2.45, 2.75) is 50.1 Å². The summed E-state index contributed by atoms with van der Waals surface area (Å²) < 4.78 is 116. The van der Waals surface area contributed by atoms with Crippen molar-refractivity contribution in [1.29, 1.82) is 0 Å². The quantitative estimate of drug-likeness (QED) is 0.368. The van der Waals surface area contributed by atoms with Gasteiger partial charge in [0.15, 0.2) is 0 Å². The van der Waals surface area contributed by atoms with Crippen LogP contribution in [-0.2, 0) is 37.9 Å². The smallest absolute Gasteiger partial charge is 0.316 e. The molecule has 2 aliphatic rings. The molecule has 2 aromatic carbocycles. The van der Waals surface area contributed by atoms with E-state index in [4.69, 9.17) is 0 Å². The van der Waals surface area contributed by atoms with E-state index in [1.54, 1.807) is 0 Å². The Kier molecular flexibility index (Phi) is 6.67. The zero-order chi connectivity index (χ0) is 29.2. The molecule has 40 heavy (non-hydrogen) atoms. The molecular weight excluding hydrogens is 550 g/mol. The zero-order valence-corrected chi connectivity index (χ0v) is 21.2. The molecule has 1 saturated heterocycles. The number of aromatic nitrogens is 3. The first-order chi connectivity index (χ1) is 18.6. The van der Waals surface area contributed by atoms with Crippen LogP contribution < -0.4 is 4.90 Å². The predicted octanol–water partition coefficient (Wildman–Crippen LogP) is 5.46. The molecule has 0 spiro atoms. The number of aryl methyl sites for hydroxylation is 1. The van der Waals surface area contributed by atoms with Crippen LogP contribution in [0.15, 0.2) is 42.7 Å². The number of carbonyl (C=O) groups is 1. The summed E-state index contributed by atoms with van der Waals surface area (Å²) in [6.45, 7) is -0.714. The molecule has 214 valence electrons. The SMILES string of the molecule is Cn1cnnc1C(F)(F)[C@](C)(F)c1cccc(N2Cc3c(cc(CN4CC(F)[C@H](F)C4)cc3C(F)(F)F)C2=O)c1. The van der Waals surface area contributed by atoms with E-state index in [9.17, 15) is 26.7 Å². The van der Waals surface area contributed by atoms with E-state index >= 15 is 13.2 Å². The van der Waals surface area contributed by atoms with Crippen molar-refractivity contribution in [1.82, 2.24) is 19.7 Å². The standard InChI is InChI=1S/C26H23F8N5O/c1-24(29,25(30,31)23-36-35-13-37(23)2)15-4-3-5-16(8-15)39-10-18-17(22(39)40)6-14(7-19(18)26(32,33)34)9-38-11-20(27)21(28)12-38/h3-8,13,20-21H,9-12H2,1-2H3/t20-,21?,24-/m1/s1. The van der Waals surface area contributed by atoms with Gasteiger partial charge in [0.1, 0.15) is 18.7 Å². The van der Waals surface area contributed by atoms with Crippen LogP contribution in [0.4, 0.5) is 40.8 Å². The lowest BCUT2D eigenvalue weighted by atomic mass is 9.90. The molecule has 0 saturated carbocycles. The summed E-state index contributed by atoms with van der Waals surface area (Å²) in [7, 11) is 1.22. The number of nitrogens with zero attached hydrogens (tertiary/aromatic N) is 5. The average molecular weight is 573 g/mol. The van der Waals surface area contributed by atoms with E-state index in [0.717, 1.165) is 34.0 Å². The van der Waals surface area contributed by atoms with Crippen molar-refractivity contribution in [2.75, 3.05) is 18.0 Å². The Morgan fingerprint density at radius 3 is 2.27 bits per heavy atom. The minimum Gasteiger partial charge on any atom is -0.316 e. The minimum atomic E-state index is -4.86. The first kappa shape index (κ1) is 28.0. The zero-order valence-electron chi connectivity index (χ0n) is 21.2. The summed E-state index contributed by atoms with van der Waals surface area (Å²) >= 11 is 0. The second-order valence-corrected chi connectivity index (χ2v) is 10.2. The number of benzene rings is 2. The van der Waals surface area contributed by atoms with E-state index in [-0.39, 0.29) is 42.0 Å². The highest BCUT2D eigenvalue weighted by molar-refractivity contribution is 6.10. The van der Waals surface area contributed by atoms with Gasteiger partial charge < -0.3 is 9.47 Å². The lowest BCUT2D eigenvalue weighted by Gasteiger charge is -2.30. The number of fused-ring (bicyclic) bond motifs is 1. The molecular formula is C26H23F8N5O. The molecule has 0 radical (unpaired) electrons. The van der Waals surface area contributed by atoms with Gasteiger partial charge in [-0.25, -0.2) is 13.2 Å². The van der Waals surface area contributed by atoms with Gasteiger partial charge in [0.05, 0.1) is 12.1 Å². The van der Waals surface area contributed by atoms with E-state index in [1.807, 2.05) is 0 Å². The Morgan fingerprint density at radius 1 is 1.00 bits per heavy atom. The molecule has 1 unspecified atom stereocenters. The van der Waals surface area contributed by atoms with E-state index in [1.165, 1.54) is 30.1 Å². The Morgan fingerprint density at radius 2 is 1.68 bits per heavy atom. The van der Waals surface area contributed by atoms with Gasteiger partial charge in [-0.3, -0.25) is 9.69 Å². The fraction of sp³-hybridized carbons (Fsp3) is 0.423. The van der Waals surface area contributed by atoms with Gasteiger partial charge in [-0.1, -0.05) is 12.1 Å². The number of alkyl halides is 8. The highest BCUT2D eigenvalue weighted by Crippen LogP contribution is 2.48. The monoisotopic (exact) mass is 573 g/mol. The maximum atomic E-state index is 15.8. The maximum absolute atomic E-state index is 15.8. The third-order valence-electron chi connectivity index (χ3n) is 7.35. The van der Waals surface area contributed by atoms with Crippen molar-refractivity contribution >= 4 is 11.6 Å². The fourth-order valence-corrected chi connectivity index (χ4v) is 5.13. The van der Waals surface area contributed by atoms with E-state index in [2.05, 4.69) is 10.2 Å². The van der Waals surface area contributed by atoms with Crippen LogP contribution in [0, 0.1) is 0 Å². The molecule has 2 aliphatic heterocycles. The van der Waals surface area contributed by atoms with Crippen LogP contribution in [-0.4, -0.2) is 51.0 Å². The largest absolute Gasteiger partial charge is 0.416 e. The average Bonchev–Trinajstić information content (AvgIpc) is 3.55. The minimum absolute atomic E-state index is 0.0379. The van der Waals surface area contributed by atoms with Crippen LogP contribution in [0.5, 0.6) is 0 Å². The van der Waals surface area contributed by atoms with Gasteiger partial charge in [0, 0.05) is 37.9 Å². The summed E-state index contributed by atoms with van der Waals surface area (Å²) in [5.74, 6) is -5.95. The number of amides is 1. The Hall–Kier alpha value is -3.55. The van der Waals surface area contributed by atoms with Crippen LogP contribution in [0.25, 0.3) is 0 Å². The number of hydrogen-bond acceptors (Lipinski definition) is 4. The number of carbonyl (C=O) groups excluding carboxylic acids is 1. The maximum Gasteiger partial charge on any atom is 0.416 e. The van der Waals surface area contributed by atoms with E-state index < -0.39 is 59.5 Å². The van der Waals surface area contributed by atoms with Gasteiger partial charge in [-0.15, -0.1) is 10.2 Å². The van der Waals surface area contributed by atoms with Crippen molar-refractivity contribution in [3.8, 4) is 0 Å². The fourth-order valence-electron chi connectivity index (χ4n) is 5.13. The number of rotatable bonds is 6. The second kappa shape index (κ2) is 9.53. The highest BCUT2D eigenvalue weighted by Gasteiger charge is 2.57. The Labute approximate surface area is 223 Å². The normalized spacial score (nSPS) is 21.6. The molecule has 0 N–H and O–H groups in total. The molecule has 0 bridgehead atoms. The molecule has 1 aromatic heterocycles. The number of anilines is 1. The van der Waals surface area contributed by atoms with Gasteiger partial charge in [-0.05, 0) is 47.9 Å². The second-order valence-electron chi connectivity index (χ2n) is 10.2. The summed E-state index contributed by atoms with van der Waals surface area (Å²) in [5, 5.41) is 6.68. The third kappa shape index (κ3) is 4.61. The highest BCUT2D eigenvalue weighted by atomic mass is 19.4. The Bertz CT molecular complexity index is 1440. The van der Waals surface area contributed by atoms with Crippen molar-refractivity contribution in [3.05, 3.63) is 76.4 Å². The van der Waals surface area contributed by atoms with Crippen LogP contribution in [0.3, 0.4) is 0 Å². The van der Waals surface area contributed by atoms with Crippen LogP contribution >= 0.6 is 0 Å². The molecule has 6 nitrogen and oxygen atoms in total. The molecule has 5 rings (SSSR count). The topological polar surface area (TPSA) is 54.3 Å². The number of halogens is 8. The van der Waals surface area contributed by atoms with Crippen molar-refractivity contribution < 1.29 is 39.9 Å². The van der Waals surface area contributed by atoms with E-state index in [0.29, 0.717) is 6.92 Å². The van der Waals surface area contributed by atoms with Gasteiger partial charge >= 0.3 is 12.1 Å². The number of likely N-dealkylation sites (tertiary alicyclic amines) is 1. The first-order valence-corrected chi connectivity index (χ1v) is 12.2. The summed E-state index contributed by atoms with van der Waals surface area (Å²) in [5.41, 5.74) is -5.63. The summed E-state index contributed by atoms with van der Waals surface area (Å²) in [4.78, 5) is 15.6. The summed E-state index contributed by atoms with van der Waals surface area (Å²) in [6, 6.07) is 6.64. The van der Waals surface area contributed by atoms with Crippen LogP contribution in [0.1, 0.15) is 45.4 Å². The van der Waals surface area contributed by atoms with Gasteiger partial charge in [0.2, 0.25) is 11.5 Å². The number of hydrogen-bond donors (Lipinski definition) is 0. The molecule has 0 aliphatic carbocycles. The lowest BCUT2D eigenvalue weighted by molar-refractivity contribution is -0.149. The van der Waals surface area contributed by atoms with Crippen molar-refractivity contribution in [3.63, 3.8) is 0 Å². The molecule has 3 heterocycles. The molecule has 1 fully saturated rings. The predicted molar refractivity (Wildman–Crippen MR) is 127 cm³/mol.